The number of carbonyl (C=O) groups is 2. The fraction of sp³-hybridized carbons (Fsp3) is 0.333. The largest absolute Gasteiger partial charge is 0.463 e. The van der Waals surface area contributed by atoms with Crippen molar-refractivity contribution in [3.05, 3.63) is 42.0 Å². The lowest BCUT2D eigenvalue weighted by molar-refractivity contribution is -0.137. The summed E-state index contributed by atoms with van der Waals surface area (Å²) < 4.78 is 9.92. The van der Waals surface area contributed by atoms with Crippen LogP contribution < -0.4 is 5.32 Å². The highest BCUT2D eigenvalue weighted by molar-refractivity contribution is 5.85. The quantitative estimate of drug-likeness (QED) is 0.527. The van der Waals surface area contributed by atoms with Crippen LogP contribution in [0.2, 0.25) is 0 Å². The van der Waals surface area contributed by atoms with Crippen LogP contribution in [0.1, 0.15) is 33.3 Å². The van der Waals surface area contributed by atoms with Crippen LogP contribution in [0.3, 0.4) is 0 Å². The number of carbonyl (C=O) groups excluding carboxylic acids is 2. The molecule has 1 aromatic rings. The standard InChI is InChI=1S/C18H21NO4/c1-5-22-16(20)12-7-6-9-14-10-8-11-15(13-14)19-17(21)23-18(2,3)4/h7-8,10-13H,5H2,1-4H3,(H,19,21)/b12-7+. The number of hydrogen-bond donors (Lipinski definition) is 1. The monoisotopic (exact) mass is 315 g/mol. The Bertz CT molecular complexity index is 645. The first-order valence-corrected chi connectivity index (χ1v) is 7.25. The third-order valence-electron chi connectivity index (χ3n) is 2.31. The lowest BCUT2D eigenvalue weighted by Gasteiger charge is -2.19. The molecule has 0 atom stereocenters. The van der Waals surface area contributed by atoms with Crippen molar-refractivity contribution in [1.29, 1.82) is 0 Å². The van der Waals surface area contributed by atoms with E-state index in [2.05, 4.69) is 17.2 Å². The molecule has 1 aromatic carbocycles. The predicted molar refractivity (Wildman–Crippen MR) is 88.9 cm³/mol. The van der Waals surface area contributed by atoms with Crippen molar-refractivity contribution in [2.75, 3.05) is 11.9 Å². The summed E-state index contributed by atoms with van der Waals surface area (Å²) in [7, 11) is 0. The second kappa shape index (κ2) is 8.64. The Kier molecular flexibility index (Phi) is 6.88. The number of amides is 1. The molecule has 1 rings (SSSR count). The van der Waals surface area contributed by atoms with Crippen LogP contribution in [0.15, 0.2) is 36.4 Å². The van der Waals surface area contributed by atoms with Gasteiger partial charge in [-0.1, -0.05) is 17.9 Å². The van der Waals surface area contributed by atoms with Gasteiger partial charge in [0.2, 0.25) is 0 Å². The van der Waals surface area contributed by atoms with Gasteiger partial charge in [0.05, 0.1) is 6.61 Å². The molecule has 122 valence electrons. The summed E-state index contributed by atoms with van der Waals surface area (Å²) in [6, 6.07) is 7.02. The maximum absolute atomic E-state index is 11.7. The van der Waals surface area contributed by atoms with E-state index in [0.717, 1.165) is 0 Å². The highest BCUT2D eigenvalue weighted by Gasteiger charge is 2.16. The van der Waals surface area contributed by atoms with Crippen LogP contribution in [0.5, 0.6) is 0 Å². The molecule has 5 nitrogen and oxygen atoms in total. The minimum atomic E-state index is -0.556. The summed E-state index contributed by atoms with van der Waals surface area (Å²) in [5, 5.41) is 2.64. The molecule has 1 N–H and O–H groups in total. The first-order chi connectivity index (χ1) is 10.8. The smallest absolute Gasteiger partial charge is 0.412 e. The molecule has 23 heavy (non-hydrogen) atoms. The molecule has 0 aromatic heterocycles. The normalized spacial score (nSPS) is 10.6. The van der Waals surface area contributed by atoms with Crippen LogP contribution in [0.25, 0.3) is 0 Å². The van der Waals surface area contributed by atoms with Crippen LogP contribution in [0.4, 0.5) is 10.5 Å². The topological polar surface area (TPSA) is 64.6 Å². The molecular weight excluding hydrogens is 294 g/mol. The molecule has 0 heterocycles. The predicted octanol–water partition coefficient (Wildman–Crippen LogP) is 3.50. The number of allylic oxidation sites excluding steroid dienone is 1. The summed E-state index contributed by atoms with van der Waals surface area (Å²) in [4.78, 5) is 22.8. The molecule has 0 spiro atoms. The third-order valence-corrected chi connectivity index (χ3v) is 2.31. The van der Waals surface area contributed by atoms with Crippen LogP contribution in [-0.4, -0.2) is 24.3 Å². The van der Waals surface area contributed by atoms with E-state index in [9.17, 15) is 9.59 Å². The van der Waals surface area contributed by atoms with E-state index in [1.165, 1.54) is 12.2 Å². The molecule has 0 aliphatic rings. The van der Waals surface area contributed by atoms with Crippen LogP contribution >= 0.6 is 0 Å². The van der Waals surface area contributed by atoms with Gasteiger partial charge in [0, 0.05) is 17.3 Å². The average molecular weight is 315 g/mol. The first kappa shape index (κ1) is 18.3. The Morgan fingerprint density at radius 2 is 2.04 bits per heavy atom. The fourth-order valence-electron chi connectivity index (χ4n) is 1.52. The van der Waals surface area contributed by atoms with Crippen molar-refractivity contribution >= 4 is 17.7 Å². The number of benzene rings is 1. The number of ether oxygens (including phenoxy) is 2. The van der Waals surface area contributed by atoms with Gasteiger partial charge in [-0.25, -0.2) is 9.59 Å². The maximum atomic E-state index is 11.7. The third kappa shape index (κ3) is 8.32. The Labute approximate surface area is 136 Å². The Hall–Kier alpha value is -2.74. The van der Waals surface area contributed by atoms with Crippen molar-refractivity contribution < 1.29 is 19.1 Å². The molecule has 5 heteroatoms. The van der Waals surface area contributed by atoms with Crippen molar-refractivity contribution in [3.8, 4) is 11.8 Å². The molecule has 0 radical (unpaired) electrons. The molecule has 0 aliphatic carbocycles. The SMILES string of the molecule is CCOC(=O)/C=C/C#Cc1cccc(NC(=O)OC(C)(C)C)c1. The summed E-state index contributed by atoms with van der Waals surface area (Å²) in [5.41, 5.74) is 0.729. The summed E-state index contributed by atoms with van der Waals surface area (Å²) in [6.45, 7) is 7.45. The highest BCUT2D eigenvalue weighted by atomic mass is 16.6. The number of rotatable bonds is 3. The van der Waals surface area contributed by atoms with Gasteiger partial charge in [-0.15, -0.1) is 0 Å². The highest BCUT2D eigenvalue weighted by Crippen LogP contribution is 2.13. The zero-order valence-electron chi connectivity index (χ0n) is 13.8. The molecule has 0 unspecified atom stereocenters. The number of hydrogen-bond acceptors (Lipinski definition) is 4. The summed E-state index contributed by atoms with van der Waals surface area (Å²) in [6.07, 6.45) is 2.16. The Balaban J connectivity index is 2.67. The Morgan fingerprint density at radius 3 is 2.70 bits per heavy atom. The maximum Gasteiger partial charge on any atom is 0.412 e. The lowest BCUT2D eigenvalue weighted by atomic mass is 10.2. The van der Waals surface area contributed by atoms with E-state index in [1.54, 1.807) is 52.0 Å². The zero-order valence-corrected chi connectivity index (χ0v) is 13.8. The van der Waals surface area contributed by atoms with E-state index in [-0.39, 0.29) is 0 Å². The lowest BCUT2D eigenvalue weighted by Crippen LogP contribution is -2.27. The summed E-state index contributed by atoms with van der Waals surface area (Å²) in [5.74, 6) is 5.17. The van der Waals surface area contributed by atoms with E-state index in [0.29, 0.717) is 17.9 Å². The molecule has 0 aliphatic heterocycles. The van der Waals surface area contributed by atoms with E-state index in [4.69, 9.17) is 9.47 Å². The molecule has 0 saturated carbocycles. The number of nitrogens with one attached hydrogen (secondary N) is 1. The minimum absolute atomic E-state index is 0.328. The van der Waals surface area contributed by atoms with Gasteiger partial charge in [0.25, 0.3) is 0 Å². The van der Waals surface area contributed by atoms with Gasteiger partial charge in [0.1, 0.15) is 5.60 Å². The van der Waals surface area contributed by atoms with E-state index >= 15 is 0 Å². The van der Waals surface area contributed by atoms with Gasteiger partial charge >= 0.3 is 12.1 Å². The van der Waals surface area contributed by atoms with Gasteiger partial charge in [-0.05, 0) is 52.0 Å². The fourth-order valence-corrected chi connectivity index (χ4v) is 1.52. The van der Waals surface area contributed by atoms with Crippen LogP contribution in [0, 0.1) is 11.8 Å². The molecule has 0 fully saturated rings. The van der Waals surface area contributed by atoms with Gasteiger partial charge in [0.15, 0.2) is 0 Å². The number of anilines is 1. The first-order valence-electron chi connectivity index (χ1n) is 7.25. The van der Waals surface area contributed by atoms with Gasteiger partial charge < -0.3 is 9.47 Å². The Morgan fingerprint density at radius 1 is 1.30 bits per heavy atom. The second-order valence-electron chi connectivity index (χ2n) is 5.56. The average Bonchev–Trinajstić information content (AvgIpc) is 2.42. The zero-order chi connectivity index (χ0) is 17.3. The van der Waals surface area contributed by atoms with E-state index in [1.807, 2.05) is 0 Å². The van der Waals surface area contributed by atoms with Crippen LogP contribution in [-0.2, 0) is 14.3 Å². The van der Waals surface area contributed by atoms with Crippen molar-refractivity contribution in [2.45, 2.75) is 33.3 Å². The van der Waals surface area contributed by atoms with Crippen molar-refractivity contribution in [3.63, 3.8) is 0 Å². The summed E-state index contributed by atoms with van der Waals surface area (Å²) >= 11 is 0. The number of esters is 1. The molecule has 1 amide bonds. The van der Waals surface area contributed by atoms with Crippen molar-refractivity contribution in [2.24, 2.45) is 0 Å². The molecule has 0 saturated heterocycles. The molecular formula is C18H21NO4. The molecule has 0 bridgehead atoms. The van der Waals surface area contributed by atoms with E-state index < -0.39 is 17.7 Å². The van der Waals surface area contributed by atoms with Crippen molar-refractivity contribution in [1.82, 2.24) is 0 Å². The van der Waals surface area contributed by atoms with Gasteiger partial charge in [-0.3, -0.25) is 5.32 Å². The second-order valence-corrected chi connectivity index (χ2v) is 5.56. The van der Waals surface area contributed by atoms with Gasteiger partial charge in [-0.2, -0.15) is 0 Å². The minimum Gasteiger partial charge on any atom is -0.463 e.